The van der Waals surface area contributed by atoms with Gasteiger partial charge in [0.2, 0.25) is 0 Å². The van der Waals surface area contributed by atoms with Gasteiger partial charge in [-0.25, -0.2) is 9.88 Å². The van der Waals surface area contributed by atoms with E-state index >= 15 is 0 Å². The van der Waals surface area contributed by atoms with Crippen molar-refractivity contribution in [1.82, 2.24) is 9.88 Å². The van der Waals surface area contributed by atoms with Crippen LogP contribution in [0.4, 0.5) is 5.13 Å². The third-order valence-electron chi connectivity index (χ3n) is 5.32. The van der Waals surface area contributed by atoms with E-state index in [1.165, 1.54) is 20.7 Å². The molecule has 1 N–H and O–H groups in total. The fourth-order valence-corrected chi connectivity index (χ4v) is 5.20. The number of hydrogen-bond acceptors (Lipinski definition) is 3. The highest BCUT2D eigenvalue weighted by Crippen LogP contribution is 2.29. The summed E-state index contributed by atoms with van der Waals surface area (Å²) < 4.78 is 1.19. The van der Waals surface area contributed by atoms with Crippen LogP contribution in [0.1, 0.15) is 11.1 Å². The van der Waals surface area contributed by atoms with Gasteiger partial charge in [0.05, 0.1) is 16.8 Å². The van der Waals surface area contributed by atoms with Crippen molar-refractivity contribution < 1.29 is 4.90 Å². The molecule has 4 nitrogen and oxygen atoms in total. The number of nitrogens with zero attached hydrogens (tertiary/aromatic N) is 3. The molecular formula is C24H23N4S2+. The molecule has 1 aliphatic heterocycles. The molecule has 1 aliphatic rings. The molecule has 1 fully saturated rings. The summed E-state index contributed by atoms with van der Waals surface area (Å²) in [6.45, 7) is 3.46. The number of fused-ring (bicyclic) bond motifs is 1. The molecule has 0 aliphatic carbocycles. The van der Waals surface area contributed by atoms with Gasteiger partial charge in [0.15, 0.2) is 23.6 Å². The molecule has 5 rings (SSSR count). The molecule has 0 radical (unpaired) electrons. The van der Waals surface area contributed by atoms with Crippen LogP contribution in [0, 0.1) is 0 Å². The van der Waals surface area contributed by atoms with Crippen LogP contribution in [-0.4, -0.2) is 28.3 Å². The number of benzene rings is 3. The summed E-state index contributed by atoms with van der Waals surface area (Å²) in [5, 5.41) is 1.83. The Morgan fingerprint density at radius 3 is 2.23 bits per heavy atom. The molecule has 1 atom stereocenters. The van der Waals surface area contributed by atoms with Crippen LogP contribution in [-0.2, 0) is 13.1 Å². The zero-order valence-corrected chi connectivity index (χ0v) is 18.2. The number of para-hydroxylation sites is 1. The zero-order chi connectivity index (χ0) is 20.3. The first kappa shape index (κ1) is 19.2. The first-order valence-electron chi connectivity index (χ1n) is 10.1. The van der Waals surface area contributed by atoms with Gasteiger partial charge in [0.1, 0.15) is 6.54 Å². The van der Waals surface area contributed by atoms with Crippen molar-refractivity contribution in [3.8, 4) is 0 Å². The van der Waals surface area contributed by atoms with E-state index in [9.17, 15) is 0 Å². The van der Waals surface area contributed by atoms with Crippen molar-refractivity contribution in [2.24, 2.45) is 0 Å². The van der Waals surface area contributed by atoms with E-state index in [4.69, 9.17) is 17.2 Å². The number of quaternary nitrogens is 1. The molecule has 0 bridgehead atoms. The van der Waals surface area contributed by atoms with Crippen LogP contribution >= 0.6 is 23.6 Å². The van der Waals surface area contributed by atoms with Gasteiger partial charge in [-0.15, -0.1) is 0 Å². The van der Waals surface area contributed by atoms with Crippen molar-refractivity contribution in [2.45, 2.75) is 13.1 Å². The molecule has 1 saturated heterocycles. The Morgan fingerprint density at radius 1 is 0.833 bits per heavy atom. The molecule has 150 valence electrons. The fraction of sp³-hybridized carbons (Fsp3) is 0.167. The van der Waals surface area contributed by atoms with E-state index in [1.807, 2.05) is 6.07 Å². The molecule has 1 aromatic heterocycles. The van der Waals surface area contributed by atoms with Gasteiger partial charge in [-0.2, -0.15) is 0 Å². The highest BCUT2D eigenvalue weighted by molar-refractivity contribution is 7.80. The minimum atomic E-state index is 0.805. The molecule has 0 spiro atoms. The van der Waals surface area contributed by atoms with Crippen molar-refractivity contribution in [2.75, 3.05) is 18.2 Å². The predicted octanol–water partition coefficient (Wildman–Crippen LogP) is 3.90. The van der Waals surface area contributed by atoms with Crippen LogP contribution in [0.5, 0.6) is 0 Å². The number of aromatic nitrogens is 1. The molecule has 2 heterocycles. The first-order valence-corrected chi connectivity index (χ1v) is 11.3. The highest BCUT2D eigenvalue weighted by Gasteiger charge is 2.33. The summed E-state index contributed by atoms with van der Waals surface area (Å²) >= 11 is 7.67. The van der Waals surface area contributed by atoms with Crippen LogP contribution in [0.15, 0.2) is 84.9 Å². The van der Waals surface area contributed by atoms with Gasteiger partial charge < -0.3 is 0 Å². The summed E-state index contributed by atoms with van der Waals surface area (Å²) in [5.74, 6) is 0. The quantitative estimate of drug-likeness (QED) is 0.484. The van der Waals surface area contributed by atoms with E-state index in [0.717, 1.165) is 42.2 Å². The summed E-state index contributed by atoms with van der Waals surface area (Å²) in [6, 6.07) is 29.5. The highest BCUT2D eigenvalue weighted by atomic mass is 32.1. The second-order valence-corrected chi connectivity index (χ2v) is 8.96. The molecule has 30 heavy (non-hydrogen) atoms. The Kier molecular flexibility index (Phi) is 5.45. The Hall–Kier alpha value is -2.80. The lowest BCUT2D eigenvalue weighted by Gasteiger charge is -2.40. The Labute approximate surface area is 186 Å². The van der Waals surface area contributed by atoms with Crippen molar-refractivity contribution in [1.29, 1.82) is 0 Å². The second kappa shape index (κ2) is 8.52. The maximum atomic E-state index is 5.96. The summed E-state index contributed by atoms with van der Waals surface area (Å²) in [4.78, 5) is 10.9. The van der Waals surface area contributed by atoms with Gasteiger partial charge in [-0.3, -0.25) is 9.80 Å². The van der Waals surface area contributed by atoms with Crippen molar-refractivity contribution >= 4 is 44.0 Å². The molecule has 6 heteroatoms. The molecule has 0 amide bonds. The van der Waals surface area contributed by atoms with E-state index in [0.29, 0.717) is 0 Å². The minimum absolute atomic E-state index is 0.805. The topological polar surface area (TPSA) is 23.8 Å². The fourth-order valence-electron chi connectivity index (χ4n) is 3.90. The van der Waals surface area contributed by atoms with Gasteiger partial charge in [-0.1, -0.05) is 84.1 Å². The summed E-state index contributed by atoms with van der Waals surface area (Å²) in [5.41, 5.74) is 3.64. The number of rotatable bonds is 5. The molecule has 3 aromatic carbocycles. The monoisotopic (exact) mass is 431 g/mol. The number of nitrogens with one attached hydrogen (secondary N) is 1. The molecular weight excluding hydrogens is 408 g/mol. The first-order chi connectivity index (χ1) is 14.8. The average Bonchev–Trinajstić information content (AvgIpc) is 3.21. The number of hydrogen-bond donors (Lipinski definition) is 1. The van der Waals surface area contributed by atoms with Crippen LogP contribution < -0.4 is 9.80 Å². The number of anilines is 1. The predicted molar refractivity (Wildman–Crippen MR) is 128 cm³/mol. The standard InChI is InChI=1S/C24H22N4S2/c29-24-27(16-20-11-5-2-6-12-20)17-26(15-19-9-3-1-4-10-19)18-28(24)23-25-21-13-7-8-14-22(21)30-23/h1-14H,15-18H2/p+1. The smallest absolute Gasteiger partial charge is 0.197 e. The van der Waals surface area contributed by atoms with Crippen molar-refractivity contribution in [3.63, 3.8) is 0 Å². The third kappa shape index (κ3) is 4.07. The Balaban J connectivity index is 1.45. The maximum Gasteiger partial charge on any atom is 0.197 e. The van der Waals surface area contributed by atoms with Gasteiger partial charge >= 0.3 is 0 Å². The summed E-state index contributed by atoms with van der Waals surface area (Å²) in [7, 11) is 0. The van der Waals surface area contributed by atoms with E-state index in [1.54, 1.807) is 11.3 Å². The SMILES string of the molecule is S=C1N(Cc2ccccc2)C[NH+](Cc2ccccc2)CN1c1nc2ccccc2s1. The van der Waals surface area contributed by atoms with Gasteiger partial charge in [0, 0.05) is 5.56 Å². The molecule has 0 saturated carbocycles. The molecule has 4 aromatic rings. The van der Waals surface area contributed by atoms with Crippen molar-refractivity contribution in [3.05, 3.63) is 96.1 Å². The lowest BCUT2D eigenvalue weighted by Crippen LogP contribution is -3.16. The van der Waals surface area contributed by atoms with E-state index in [2.05, 4.69) is 88.7 Å². The van der Waals surface area contributed by atoms with Gasteiger partial charge in [-0.05, 0) is 29.9 Å². The van der Waals surface area contributed by atoms with Crippen LogP contribution in [0.3, 0.4) is 0 Å². The Bertz CT molecular complexity index is 1110. The second-order valence-electron chi connectivity index (χ2n) is 7.59. The summed E-state index contributed by atoms with van der Waals surface area (Å²) in [6.07, 6.45) is 0. The lowest BCUT2D eigenvalue weighted by atomic mass is 10.2. The van der Waals surface area contributed by atoms with E-state index in [-0.39, 0.29) is 0 Å². The van der Waals surface area contributed by atoms with Gasteiger partial charge in [0.25, 0.3) is 0 Å². The maximum absolute atomic E-state index is 5.96. The number of thiocarbonyl (C=S) groups is 1. The van der Waals surface area contributed by atoms with Crippen LogP contribution in [0.25, 0.3) is 10.2 Å². The molecule has 1 unspecified atom stereocenters. The minimum Gasteiger partial charge on any atom is -0.297 e. The normalized spacial score (nSPS) is 16.9. The zero-order valence-electron chi connectivity index (χ0n) is 16.6. The largest absolute Gasteiger partial charge is 0.297 e. The third-order valence-corrected chi connectivity index (χ3v) is 6.86. The number of thiazole rings is 1. The van der Waals surface area contributed by atoms with Crippen LogP contribution in [0.2, 0.25) is 0 Å². The average molecular weight is 432 g/mol. The van der Waals surface area contributed by atoms with E-state index < -0.39 is 0 Å². The Morgan fingerprint density at radius 2 is 1.50 bits per heavy atom. The lowest BCUT2D eigenvalue weighted by molar-refractivity contribution is -0.924.